The Kier molecular flexibility index (Phi) is 14.7. The molecule has 0 saturated carbocycles. The molecule has 0 spiro atoms. The molecule has 1 fully saturated rings. The molecule has 1 saturated heterocycles. The number of carbonyl (C=O) groups excluding carboxylic acids is 7. The zero-order chi connectivity index (χ0) is 39.7. The van der Waals surface area contributed by atoms with Gasteiger partial charge >= 0.3 is 35.8 Å². The van der Waals surface area contributed by atoms with Gasteiger partial charge in [-0.25, -0.2) is 4.79 Å². The fourth-order valence-corrected chi connectivity index (χ4v) is 7.23. The number of esters is 5. The number of fused-ring (bicyclic) bond motifs is 1. The molecule has 2 aliphatic rings. The molecule has 20 heteroatoms. The lowest BCUT2D eigenvalue weighted by Gasteiger charge is -2.49. The number of carbonyl (C=O) groups is 8. The Hall–Kier alpha value is -5.24. The van der Waals surface area contributed by atoms with E-state index in [2.05, 4.69) is 5.32 Å². The van der Waals surface area contributed by atoms with Crippen molar-refractivity contribution in [3.05, 3.63) is 47.2 Å². The second-order valence-corrected chi connectivity index (χ2v) is 13.4. The summed E-state index contributed by atoms with van der Waals surface area (Å²) in [6.45, 7) is 5.37. The van der Waals surface area contributed by atoms with Crippen LogP contribution in [-0.4, -0.2) is 122 Å². The van der Waals surface area contributed by atoms with Gasteiger partial charge in [0.15, 0.2) is 29.5 Å². The molecule has 1 aromatic carbocycles. The lowest BCUT2D eigenvalue weighted by molar-refractivity contribution is -0.203. The Morgan fingerprint density at radius 3 is 1.92 bits per heavy atom. The first-order valence-electron chi connectivity index (χ1n) is 15.9. The Morgan fingerprint density at radius 2 is 1.43 bits per heavy atom. The second-order valence-electron chi connectivity index (χ2n) is 11.9. The van der Waals surface area contributed by atoms with E-state index in [0.717, 1.165) is 44.4 Å². The van der Waals surface area contributed by atoms with Crippen molar-refractivity contribution in [1.29, 1.82) is 0 Å². The number of thiocarbonyl (C=S) groups is 1. The Labute approximate surface area is 313 Å². The van der Waals surface area contributed by atoms with E-state index in [4.69, 9.17) is 41.6 Å². The number of rotatable bonds is 16. The van der Waals surface area contributed by atoms with E-state index in [1.165, 1.54) is 11.8 Å². The van der Waals surface area contributed by atoms with Gasteiger partial charge in [-0.2, -0.15) is 0 Å². The first-order valence-corrected chi connectivity index (χ1v) is 17.4. The highest BCUT2D eigenvalue weighted by molar-refractivity contribution is 8.00. The number of nitrogens with zero attached hydrogens (tertiary/aromatic N) is 2. The summed E-state index contributed by atoms with van der Waals surface area (Å²) in [7, 11) is 0. The molecule has 3 rings (SSSR count). The molecular weight excluding hydrogens is 741 g/mol. The van der Waals surface area contributed by atoms with Crippen LogP contribution in [0.25, 0.3) is 0 Å². The summed E-state index contributed by atoms with van der Waals surface area (Å²) in [4.78, 5) is 103. The third kappa shape index (κ3) is 10.9. The van der Waals surface area contributed by atoms with E-state index >= 15 is 0 Å². The molecule has 2 amide bonds. The third-order valence-corrected chi connectivity index (χ3v) is 9.40. The van der Waals surface area contributed by atoms with Crippen LogP contribution in [-0.2, 0) is 62.0 Å². The monoisotopic (exact) mass is 780 g/mol. The predicted molar refractivity (Wildman–Crippen MR) is 187 cm³/mol. The molecule has 2 heterocycles. The number of aliphatic carboxylic acids is 1. The summed E-state index contributed by atoms with van der Waals surface area (Å²) in [5, 5.41) is 11.2. The molecule has 288 valence electrons. The first kappa shape index (κ1) is 42.2. The fourth-order valence-electron chi connectivity index (χ4n) is 5.75. The van der Waals surface area contributed by atoms with E-state index in [0.29, 0.717) is 11.3 Å². The van der Waals surface area contributed by atoms with Gasteiger partial charge in [0.1, 0.15) is 29.8 Å². The van der Waals surface area contributed by atoms with Gasteiger partial charge in [-0.3, -0.25) is 38.5 Å². The number of hydrogen-bond acceptors (Lipinski definition) is 15. The fraction of sp³-hybridized carbons (Fsp3) is 0.485. The number of nitrogens with two attached hydrogens (primary N) is 1. The molecule has 4 N–H and O–H groups in total. The minimum atomic E-state index is -1.80. The molecular formula is C33H40N4O14S2. The van der Waals surface area contributed by atoms with Gasteiger partial charge < -0.3 is 44.7 Å². The van der Waals surface area contributed by atoms with Gasteiger partial charge in [-0.15, -0.1) is 11.8 Å². The molecule has 0 aliphatic carbocycles. The van der Waals surface area contributed by atoms with Crippen molar-refractivity contribution in [3.63, 3.8) is 0 Å². The Bertz CT molecular complexity index is 1670. The summed E-state index contributed by atoms with van der Waals surface area (Å²) in [5.74, 6) is -7.06. The number of hydrogen-bond donors (Lipinski definition) is 3. The quantitative estimate of drug-likeness (QED) is 0.0885. The zero-order valence-corrected chi connectivity index (χ0v) is 31.2. The number of nitrogens with one attached hydrogen (secondary N) is 1. The smallest absolute Gasteiger partial charge is 0.352 e. The largest absolute Gasteiger partial charge is 0.477 e. The molecule has 53 heavy (non-hydrogen) atoms. The number of amides is 2. The number of carboxylic acids is 1. The topological polar surface area (TPSA) is 247 Å². The van der Waals surface area contributed by atoms with Crippen LogP contribution in [0.4, 0.5) is 0 Å². The lowest BCUT2D eigenvalue weighted by atomic mass is 9.98. The average Bonchev–Trinajstić information content (AvgIpc) is 3.05. The van der Waals surface area contributed by atoms with Gasteiger partial charge in [0.25, 0.3) is 5.91 Å². The van der Waals surface area contributed by atoms with Crippen molar-refractivity contribution in [1.82, 2.24) is 15.1 Å². The van der Waals surface area contributed by atoms with Crippen molar-refractivity contribution < 1.29 is 67.1 Å². The van der Waals surface area contributed by atoms with Crippen LogP contribution in [0.1, 0.15) is 53.1 Å². The van der Waals surface area contributed by atoms with E-state index in [1.807, 2.05) is 0 Å². The highest BCUT2D eigenvalue weighted by Gasteiger charge is 2.54. The van der Waals surface area contributed by atoms with E-state index in [-0.39, 0.29) is 11.3 Å². The van der Waals surface area contributed by atoms with Crippen LogP contribution < -0.4 is 11.1 Å². The van der Waals surface area contributed by atoms with Crippen molar-refractivity contribution >= 4 is 76.7 Å². The molecule has 1 aromatic rings. The minimum Gasteiger partial charge on any atom is -0.477 e. The molecule has 18 nitrogen and oxygen atoms in total. The van der Waals surface area contributed by atoms with Crippen molar-refractivity contribution in [3.8, 4) is 0 Å². The summed E-state index contributed by atoms with van der Waals surface area (Å²) in [6, 6.07) is 5.38. The molecule has 0 bridgehead atoms. The maximum atomic E-state index is 14.3. The van der Waals surface area contributed by atoms with Gasteiger partial charge in [0.05, 0.1) is 6.54 Å². The van der Waals surface area contributed by atoms with Gasteiger partial charge in [-0.05, 0) is 30.3 Å². The zero-order valence-electron chi connectivity index (χ0n) is 29.6. The number of β-lactam (4-membered cyclic amide) rings is 1. The van der Waals surface area contributed by atoms with Crippen molar-refractivity contribution in [2.75, 3.05) is 18.9 Å². The highest BCUT2D eigenvalue weighted by Crippen LogP contribution is 2.40. The first-order chi connectivity index (χ1) is 24.8. The molecule has 2 unspecified atom stereocenters. The molecule has 0 aromatic heterocycles. The van der Waals surface area contributed by atoms with Gasteiger partial charge in [-0.1, -0.05) is 30.3 Å². The van der Waals surface area contributed by atoms with E-state index < -0.39 is 108 Å². The Morgan fingerprint density at radius 1 is 0.906 bits per heavy atom. The lowest BCUT2D eigenvalue weighted by Crippen LogP contribution is -2.71. The predicted octanol–water partition coefficient (Wildman–Crippen LogP) is 0.322. The van der Waals surface area contributed by atoms with Crippen LogP contribution in [0.5, 0.6) is 0 Å². The summed E-state index contributed by atoms with van der Waals surface area (Å²) in [5.41, 5.74) is 6.80. The highest BCUT2D eigenvalue weighted by atomic mass is 32.2. The number of carboxylic acid groups (broad SMARTS) is 1. The van der Waals surface area contributed by atoms with E-state index in [9.17, 15) is 43.5 Å². The van der Waals surface area contributed by atoms with Crippen molar-refractivity contribution in [2.24, 2.45) is 5.73 Å². The third-order valence-electron chi connectivity index (χ3n) is 7.74. The van der Waals surface area contributed by atoms with Crippen LogP contribution in [0, 0.1) is 0 Å². The molecule has 7 atom stereocenters. The number of benzene rings is 1. The summed E-state index contributed by atoms with van der Waals surface area (Å²) >= 11 is 6.63. The maximum Gasteiger partial charge on any atom is 0.352 e. The SMILES string of the molecule is CC(=O)OC[C@@H](OC(C)=O)[C@@H](OC(C)=O)[C@H](OC(C)=O)[C@H](CN(C(N)=S)C(C(=O)NC1C(=O)N2C(C(=O)O)=C(C)CS[C@@H]12)c1ccccc1)OC(C)=O. The van der Waals surface area contributed by atoms with Crippen LogP contribution in [0.3, 0.4) is 0 Å². The minimum absolute atomic E-state index is 0.169. The van der Waals surface area contributed by atoms with Crippen LogP contribution in [0.2, 0.25) is 0 Å². The number of ether oxygens (including phenoxy) is 5. The van der Waals surface area contributed by atoms with E-state index in [1.54, 1.807) is 37.3 Å². The van der Waals surface area contributed by atoms with Gasteiger partial charge in [0, 0.05) is 40.4 Å². The van der Waals surface area contributed by atoms with Crippen molar-refractivity contribution in [2.45, 2.75) is 83.4 Å². The maximum absolute atomic E-state index is 14.3. The average molecular weight is 781 g/mol. The molecule has 2 aliphatic heterocycles. The standard InChI is InChI=1S/C33H40N4O14S2/c1-15-14-53-31-24(30(44)37(31)25(15)32(45)46)35-29(43)26(21-10-8-7-9-11-21)36(33(34)52)12-22(48-17(3)39)27(50-19(5)41)28(51-20(6)42)23(49-18(4)40)13-47-16(2)38/h7-11,22-24,26-28,31H,12-14H2,1-6H3,(H2,34,52)(H,35,43)(H,45,46)/t22-,23+,24?,26?,27+,28+,31-/m0/s1. The number of thioether (sulfide) groups is 1. The molecule has 0 radical (unpaired) electrons. The van der Waals surface area contributed by atoms with Crippen LogP contribution in [0.15, 0.2) is 41.6 Å². The summed E-state index contributed by atoms with van der Waals surface area (Å²) < 4.78 is 26.9. The second kappa shape index (κ2) is 18.5. The van der Waals surface area contributed by atoms with Crippen LogP contribution >= 0.6 is 24.0 Å². The Balaban J connectivity index is 2.10. The summed E-state index contributed by atoms with van der Waals surface area (Å²) in [6.07, 6.45) is -6.87. The van der Waals surface area contributed by atoms with Gasteiger partial charge in [0.2, 0.25) is 5.91 Å². The normalized spacial score (nSPS) is 19.1.